The van der Waals surface area contributed by atoms with E-state index in [0.717, 1.165) is 36.6 Å². The molecule has 3 rings (SSSR count). The Morgan fingerprint density at radius 2 is 1.85 bits per heavy atom. The zero-order chi connectivity index (χ0) is 18.7. The molecule has 0 saturated heterocycles. The van der Waals surface area contributed by atoms with Gasteiger partial charge in [-0.2, -0.15) is 5.10 Å². The van der Waals surface area contributed by atoms with Gasteiger partial charge in [0.1, 0.15) is 5.71 Å². The quantitative estimate of drug-likeness (QED) is 0.780. The number of carbonyl (C=O) groups excluding carboxylic acids is 1. The Morgan fingerprint density at radius 3 is 2.50 bits per heavy atom. The third-order valence-corrected chi connectivity index (χ3v) is 4.74. The lowest BCUT2D eigenvalue weighted by atomic mass is 10.1. The molecule has 0 atom stereocenters. The maximum Gasteiger partial charge on any atom is 0.273 e. The molecule has 1 aliphatic rings. The summed E-state index contributed by atoms with van der Waals surface area (Å²) in [5, 5.41) is 4.10. The van der Waals surface area contributed by atoms with Crippen LogP contribution in [-0.4, -0.2) is 44.6 Å². The molecule has 0 bridgehead atoms. The third-order valence-electron chi connectivity index (χ3n) is 4.74. The van der Waals surface area contributed by atoms with Crippen molar-refractivity contribution in [2.24, 2.45) is 5.10 Å². The molecule has 1 aliphatic heterocycles. The van der Waals surface area contributed by atoms with Gasteiger partial charge in [-0.3, -0.25) is 9.69 Å². The Morgan fingerprint density at radius 1 is 1.15 bits per heavy atom. The van der Waals surface area contributed by atoms with E-state index in [2.05, 4.69) is 58.1 Å². The number of nitrogens with zero attached hydrogens (tertiary/aromatic N) is 4. The van der Waals surface area contributed by atoms with Crippen LogP contribution in [0, 0.1) is 13.8 Å². The Balaban J connectivity index is 1.96. The minimum Gasteiger partial charge on any atom is -0.359 e. The molecule has 2 aromatic rings. The highest BCUT2D eigenvalue weighted by Gasteiger charge is 2.26. The fraction of sp³-hybridized carbons (Fsp3) is 0.368. The van der Waals surface area contributed by atoms with Crippen LogP contribution in [0.15, 0.2) is 29.1 Å². The van der Waals surface area contributed by atoms with E-state index in [1.807, 2.05) is 6.08 Å². The summed E-state index contributed by atoms with van der Waals surface area (Å²) in [6.07, 6.45) is 5.11. The predicted octanol–water partition coefficient (Wildman–Crippen LogP) is 2.18. The molecule has 1 amide bonds. The zero-order valence-corrected chi connectivity index (χ0v) is 15.6. The van der Waals surface area contributed by atoms with Gasteiger partial charge in [0.15, 0.2) is 5.82 Å². The molecule has 3 heterocycles. The van der Waals surface area contributed by atoms with Crippen molar-refractivity contribution in [3.05, 3.63) is 52.4 Å². The van der Waals surface area contributed by atoms with Crippen molar-refractivity contribution in [1.29, 1.82) is 0 Å². The number of nitrogens with one attached hydrogen (secondary N) is 2. The number of hydrogen-bond donors (Lipinski definition) is 2. The van der Waals surface area contributed by atoms with Crippen LogP contribution in [0.1, 0.15) is 42.2 Å². The molecule has 2 N–H and O–H groups in total. The molecule has 0 saturated carbocycles. The molecule has 7 heteroatoms. The van der Waals surface area contributed by atoms with Crippen molar-refractivity contribution in [2.45, 2.75) is 34.2 Å². The normalized spacial score (nSPS) is 15.7. The fourth-order valence-electron chi connectivity index (χ4n) is 3.07. The largest absolute Gasteiger partial charge is 0.359 e. The summed E-state index contributed by atoms with van der Waals surface area (Å²) in [6, 6.07) is 1.73. The van der Waals surface area contributed by atoms with Crippen LogP contribution < -0.4 is 5.43 Å². The maximum atomic E-state index is 12.3. The molecule has 0 aromatic carbocycles. The first-order valence-corrected chi connectivity index (χ1v) is 8.83. The number of H-pyrrole nitrogens is 1. The number of amides is 1. The van der Waals surface area contributed by atoms with Crippen LogP contribution >= 0.6 is 0 Å². The van der Waals surface area contributed by atoms with Gasteiger partial charge in [0, 0.05) is 30.3 Å². The lowest BCUT2D eigenvalue weighted by Gasteiger charge is -2.18. The Labute approximate surface area is 153 Å². The molecule has 0 fully saturated rings. The second-order valence-corrected chi connectivity index (χ2v) is 6.26. The fourth-order valence-corrected chi connectivity index (χ4v) is 3.07. The number of aryl methyl sites for hydroxylation is 1. The highest BCUT2D eigenvalue weighted by molar-refractivity contribution is 6.32. The van der Waals surface area contributed by atoms with Crippen LogP contribution in [-0.2, 0) is 11.3 Å². The summed E-state index contributed by atoms with van der Waals surface area (Å²) in [6.45, 7) is 11.4. The van der Waals surface area contributed by atoms with E-state index in [-0.39, 0.29) is 5.91 Å². The number of aromatic amines is 1. The van der Waals surface area contributed by atoms with Crippen LogP contribution in [0.3, 0.4) is 0 Å². The summed E-state index contributed by atoms with van der Waals surface area (Å²) in [5.74, 6) is 0.186. The summed E-state index contributed by atoms with van der Waals surface area (Å²) in [5.41, 5.74) is 7.90. The van der Waals surface area contributed by atoms with Crippen LogP contribution in [0.25, 0.3) is 6.08 Å². The second-order valence-electron chi connectivity index (χ2n) is 6.26. The highest BCUT2D eigenvalue weighted by atomic mass is 16.2. The summed E-state index contributed by atoms with van der Waals surface area (Å²) < 4.78 is 0. The van der Waals surface area contributed by atoms with Gasteiger partial charge in [0.05, 0.1) is 5.57 Å². The van der Waals surface area contributed by atoms with Crippen LogP contribution in [0.4, 0.5) is 0 Å². The Kier molecular flexibility index (Phi) is 5.27. The van der Waals surface area contributed by atoms with Crippen molar-refractivity contribution in [3.8, 4) is 0 Å². The molecule has 7 nitrogen and oxygen atoms in total. The average Bonchev–Trinajstić information content (AvgIpc) is 3.14. The van der Waals surface area contributed by atoms with Crippen LogP contribution in [0.5, 0.6) is 0 Å². The first-order valence-electron chi connectivity index (χ1n) is 8.83. The van der Waals surface area contributed by atoms with E-state index in [1.54, 1.807) is 18.5 Å². The molecule has 26 heavy (non-hydrogen) atoms. The predicted molar refractivity (Wildman–Crippen MR) is 102 cm³/mol. The van der Waals surface area contributed by atoms with Crippen molar-refractivity contribution >= 4 is 17.7 Å². The Hall–Kier alpha value is -2.80. The van der Waals surface area contributed by atoms with Gasteiger partial charge in [0.25, 0.3) is 5.91 Å². The maximum absolute atomic E-state index is 12.3. The SMILES string of the molecule is CCN(CC)Cc1c(C)[nH]c(C=C2C(=O)NN=C2c2ncccn2)c1C. The molecule has 0 aliphatic carbocycles. The van der Waals surface area contributed by atoms with E-state index >= 15 is 0 Å². The number of rotatable bonds is 6. The van der Waals surface area contributed by atoms with Crippen LogP contribution in [0.2, 0.25) is 0 Å². The number of carbonyl (C=O) groups is 1. The van der Waals surface area contributed by atoms with Gasteiger partial charge in [-0.1, -0.05) is 13.8 Å². The average molecular weight is 352 g/mol. The van der Waals surface area contributed by atoms with Crippen molar-refractivity contribution < 1.29 is 4.79 Å². The monoisotopic (exact) mass is 352 g/mol. The van der Waals surface area contributed by atoms with Crippen molar-refractivity contribution in [2.75, 3.05) is 13.1 Å². The smallest absolute Gasteiger partial charge is 0.273 e. The van der Waals surface area contributed by atoms with Crippen molar-refractivity contribution in [1.82, 2.24) is 25.3 Å². The van der Waals surface area contributed by atoms with E-state index in [9.17, 15) is 4.79 Å². The number of hydrazone groups is 1. The molecular weight excluding hydrogens is 328 g/mol. The first kappa shape index (κ1) is 18.0. The number of hydrogen-bond acceptors (Lipinski definition) is 5. The minimum absolute atomic E-state index is 0.246. The standard InChI is InChI=1S/C19H24N6O/c1-5-25(6-2)11-15-12(3)16(22-13(15)4)10-14-17(23-24-19(14)26)18-20-8-7-9-21-18/h7-10,22H,5-6,11H2,1-4H3,(H,24,26). The molecule has 0 spiro atoms. The molecular formula is C19H24N6O. The summed E-state index contributed by atoms with van der Waals surface area (Å²) >= 11 is 0. The molecule has 136 valence electrons. The van der Waals surface area contributed by atoms with Gasteiger partial charge in [0.2, 0.25) is 0 Å². The number of aromatic nitrogens is 3. The van der Waals surface area contributed by atoms with Crippen molar-refractivity contribution in [3.63, 3.8) is 0 Å². The summed E-state index contributed by atoms with van der Waals surface area (Å²) in [4.78, 5) is 26.4. The van der Waals surface area contributed by atoms with E-state index < -0.39 is 0 Å². The first-order chi connectivity index (χ1) is 12.5. The summed E-state index contributed by atoms with van der Waals surface area (Å²) in [7, 11) is 0. The van der Waals surface area contributed by atoms with Gasteiger partial charge >= 0.3 is 0 Å². The second kappa shape index (κ2) is 7.61. The van der Waals surface area contributed by atoms with Gasteiger partial charge < -0.3 is 4.98 Å². The van der Waals surface area contributed by atoms with Gasteiger partial charge in [-0.05, 0) is 50.2 Å². The van der Waals surface area contributed by atoms with E-state index in [1.165, 1.54) is 5.56 Å². The van der Waals surface area contributed by atoms with Gasteiger partial charge in [-0.25, -0.2) is 15.4 Å². The molecule has 0 radical (unpaired) electrons. The Bertz CT molecular complexity index is 862. The molecule has 0 unspecified atom stereocenters. The van der Waals surface area contributed by atoms with E-state index in [4.69, 9.17) is 0 Å². The topological polar surface area (TPSA) is 86.3 Å². The molecule has 2 aromatic heterocycles. The third kappa shape index (κ3) is 3.43. The lowest BCUT2D eigenvalue weighted by Crippen LogP contribution is -2.22. The highest BCUT2D eigenvalue weighted by Crippen LogP contribution is 2.23. The lowest BCUT2D eigenvalue weighted by molar-refractivity contribution is -0.116. The van der Waals surface area contributed by atoms with E-state index in [0.29, 0.717) is 17.1 Å². The van der Waals surface area contributed by atoms with Gasteiger partial charge in [-0.15, -0.1) is 0 Å². The zero-order valence-electron chi connectivity index (χ0n) is 15.6. The minimum atomic E-state index is -0.246.